The number of para-hydroxylation sites is 3. The standard InChI is InChI=1S/C54H36N4O2/c1-54(2)42-22-9-6-20-41(42)48-43(54)30-31-47-50(48)60-46-25-13-21-38(49(46)59-47)35-16-12-17-36(32-35)53-56-51(33-14-4-3-5-15-33)55-52(57-53)34-26-28-37(29-27-34)58-44-23-10-7-18-39(44)40-19-8-11-24-45(40)58/h3-32H,1-2H3. The summed E-state index contributed by atoms with van der Waals surface area (Å²) in [7, 11) is 0. The Morgan fingerprint density at radius 2 is 0.967 bits per heavy atom. The largest absolute Gasteiger partial charge is 0.449 e. The molecule has 0 N–H and O–H groups in total. The topological polar surface area (TPSA) is 62.1 Å². The van der Waals surface area contributed by atoms with Crippen molar-refractivity contribution in [1.82, 2.24) is 19.5 Å². The Labute approximate surface area is 347 Å². The van der Waals surface area contributed by atoms with E-state index in [2.05, 4.69) is 140 Å². The van der Waals surface area contributed by atoms with Crippen LogP contribution in [0.1, 0.15) is 25.0 Å². The van der Waals surface area contributed by atoms with Crippen LogP contribution in [0.25, 0.3) is 83.9 Å². The number of fused-ring (bicyclic) bond motifs is 9. The molecule has 0 unspecified atom stereocenters. The molecule has 3 heterocycles. The smallest absolute Gasteiger partial charge is 0.178 e. The van der Waals surface area contributed by atoms with E-state index in [0.29, 0.717) is 34.7 Å². The molecule has 60 heavy (non-hydrogen) atoms. The molecule has 0 bridgehead atoms. The molecule has 0 fully saturated rings. The van der Waals surface area contributed by atoms with Crippen molar-refractivity contribution in [1.29, 1.82) is 0 Å². The molecule has 8 aromatic carbocycles. The maximum absolute atomic E-state index is 6.79. The van der Waals surface area contributed by atoms with Gasteiger partial charge in [0, 0.05) is 49.7 Å². The molecule has 6 heteroatoms. The van der Waals surface area contributed by atoms with Crippen LogP contribution < -0.4 is 9.47 Å². The molecule has 0 amide bonds. The molecule has 1 aliphatic carbocycles. The van der Waals surface area contributed by atoms with E-state index in [9.17, 15) is 0 Å². The summed E-state index contributed by atoms with van der Waals surface area (Å²) in [6, 6.07) is 62.9. The van der Waals surface area contributed by atoms with Crippen LogP contribution in [-0.2, 0) is 5.41 Å². The molecule has 0 radical (unpaired) electrons. The van der Waals surface area contributed by atoms with E-state index in [4.69, 9.17) is 24.4 Å². The third kappa shape index (κ3) is 5.24. The summed E-state index contributed by atoms with van der Waals surface area (Å²) < 4.78 is 15.9. The van der Waals surface area contributed by atoms with Crippen LogP contribution in [0.15, 0.2) is 182 Å². The molecule has 284 valence electrons. The summed E-state index contributed by atoms with van der Waals surface area (Å²) in [5.41, 5.74) is 12.6. The van der Waals surface area contributed by atoms with E-state index in [1.165, 1.54) is 38.5 Å². The third-order valence-corrected chi connectivity index (χ3v) is 12.1. The highest BCUT2D eigenvalue weighted by Crippen LogP contribution is 2.59. The van der Waals surface area contributed by atoms with Gasteiger partial charge in [-0.1, -0.05) is 141 Å². The molecule has 2 aromatic heterocycles. The van der Waals surface area contributed by atoms with Crippen molar-refractivity contribution in [2.45, 2.75) is 19.3 Å². The molecule has 0 saturated carbocycles. The molecule has 0 atom stereocenters. The van der Waals surface area contributed by atoms with Gasteiger partial charge in [0.15, 0.2) is 40.5 Å². The Balaban J connectivity index is 0.931. The molecule has 2 aliphatic rings. The van der Waals surface area contributed by atoms with Crippen molar-refractivity contribution in [2.75, 3.05) is 0 Å². The zero-order chi connectivity index (χ0) is 40.0. The first kappa shape index (κ1) is 34.2. The van der Waals surface area contributed by atoms with Crippen LogP contribution in [0, 0.1) is 0 Å². The third-order valence-electron chi connectivity index (χ3n) is 12.1. The van der Waals surface area contributed by atoms with Crippen LogP contribution in [0.2, 0.25) is 0 Å². The van der Waals surface area contributed by atoms with Gasteiger partial charge < -0.3 is 14.0 Å². The molecule has 12 rings (SSSR count). The van der Waals surface area contributed by atoms with E-state index in [1.54, 1.807) is 0 Å². The van der Waals surface area contributed by atoms with Gasteiger partial charge in [-0.05, 0) is 76.9 Å². The van der Waals surface area contributed by atoms with Gasteiger partial charge in [-0.15, -0.1) is 0 Å². The number of hydrogen-bond acceptors (Lipinski definition) is 5. The van der Waals surface area contributed by atoms with Gasteiger partial charge in [0.2, 0.25) is 0 Å². The molecule has 0 spiro atoms. The summed E-state index contributed by atoms with van der Waals surface area (Å²) in [5.74, 6) is 4.61. The molecular formula is C54H36N4O2. The van der Waals surface area contributed by atoms with Crippen LogP contribution >= 0.6 is 0 Å². The summed E-state index contributed by atoms with van der Waals surface area (Å²) in [4.78, 5) is 15.2. The maximum Gasteiger partial charge on any atom is 0.178 e. The van der Waals surface area contributed by atoms with E-state index < -0.39 is 0 Å². The predicted octanol–water partition coefficient (Wildman–Crippen LogP) is 13.8. The van der Waals surface area contributed by atoms with Gasteiger partial charge in [0.25, 0.3) is 0 Å². The van der Waals surface area contributed by atoms with Crippen molar-refractivity contribution in [3.63, 3.8) is 0 Å². The second kappa shape index (κ2) is 13.1. The SMILES string of the molecule is CC1(C)c2ccccc2-c2c1ccc1c2Oc2cccc(-c3cccc(-c4nc(-c5ccccc5)nc(-c5ccc(-n6c7ccccc7c7ccccc76)cc5)n4)c3)c2O1. The predicted molar refractivity (Wildman–Crippen MR) is 240 cm³/mol. The van der Waals surface area contributed by atoms with Crippen molar-refractivity contribution < 1.29 is 9.47 Å². The first-order valence-electron chi connectivity index (χ1n) is 20.3. The minimum atomic E-state index is -0.140. The van der Waals surface area contributed by atoms with Gasteiger partial charge in [-0.3, -0.25) is 0 Å². The van der Waals surface area contributed by atoms with Gasteiger partial charge >= 0.3 is 0 Å². The van der Waals surface area contributed by atoms with Gasteiger partial charge in [-0.25, -0.2) is 15.0 Å². The lowest BCUT2D eigenvalue weighted by Gasteiger charge is -2.26. The fraction of sp³-hybridized carbons (Fsp3) is 0.0556. The number of aromatic nitrogens is 4. The first-order valence-corrected chi connectivity index (χ1v) is 20.3. The van der Waals surface area contributed by atoms with E-state index >= 15 is 0 Å². The Hall–Kier alpha value is -7.83. The number of hydrogen-bond donors (Lipinski definition) is 0. The molecule has 0 saturated heterocycles. The van der Waals surface area contributed by atoms with E-state index in [-0.39, 0.29) is 5.41 Å². The lowest BCUT2D eigenvalue weighted by molar-refractivity contribution is 0.361. The zero-order valence-corrected chi connectivity index (χ0v) is 32.9. The Morgan fingerprint density at radius 1 is 0.417 bits per heavy atom. The second-order valence-electron chi connectivity index (χ2n) is 16.0. The van der Waals surface area contributed by atoms with Crippen LogP contribution in [0.5, 0.6) is 23.0 Å². The molecular weight excluding hydrogens is 737 g/mol. The number of ether oxygens (including phenoxy) is 2. The Morgan fingerprint density at radius 3 is 1.72 bits per heavy atom. The average Bonchev–Trinajstić information content (AvgIpc) is 3.77. The minimum absolute atomic E-state index is 0.140. The zero-order valence-electron chi connectivity index (χ0n) is 32.9. The summed E-state index contributed by atoms with van der Waals surface area (Å²) in [6.07, 6.45) is 0. The quantitative estimate of drug-likeness (QED) is 0.174. The fourth-order valence-electron chi connectivity index (χ4n) is 9.21. The van der Waals surface area contributed by atoms with Crippen LogP contribution in [0.4, 0.5) is 0 Å². The number of rotatable bonds is 5. The maximum atomic E-state index is 6.79. The Kier molecular flexibility index (Phi) is 7.47. The Bertz CT molecular complexity index is 3300. The molecule has 6 nitrogen and oxygen atoms in total. The highest BCUT2D eigenvalue weighted by Gasteiger charge is 2.39. The van der Waals surface area contributed by atoms with Crippen molar-refractivity contribution in [2.24, 2.45) is 0 Å². The summed E-state index contributed by atoms with van der Waals surface area (Å²) in [6.45, 7) is 4.55. The van der Waals surface area contributed by atoms with Crippen molar-refractivity contribution >= 4 is 21.8 Å². The average molecular weight is 773 g/mol. The molecule has 1 aliphatic heterocycles. The number of nitrogens with zero attached hydrogens (tertiary/aromatic N) is 4. The summed E-state index contributed by atoms with van der Waals surface area (Å²) in [5, 5.41) is 2.46. The highest BCUT2D eigenvalue weighted by molar-refractivity contribution is 6.09. The fourth-order valence-corrected chi connectivity index (χ4v) is 9.21. The van der Waals surface area contributed by atoms with Gasteiger partial charge in [0.1, 0.15) is 0 Å². The number of benzene rings is 8. The van der Waals surface area contributed by atoms with Gasteiger partial charge in [-0.2, -0.15) is 0 Å². The lowest BCUT2D eigenvalue weighted by atomic mass is 9.82. The van der Waals surface area contributed by atoms with Gasteiger partial charge in [0.05, 0.1) is 11.0 Å². The minimum Gasteiger partial charge on any atom is -0.449 e. The van der Waals surface area contributed by atoms with Crippen LogP contribution in [-0.4, -0.2) is 19.5 Å². The van der Waals surface area contributed by atoms with Crippen molar-refractivity contribution in [3.8, 4) is 85.1 Å². The summed E-state index contributed by atoms with van der Waals surface area (Å²) >= 11 is 0. The lowest BCUT2D eigenvalue weighted by Crippen LogP contribution is -2.15. The van der Waals surface area contributed by atoms with E-state index in [1.807, 2.05) is 60.7 Å². The normalized spacial score (nSPS) is 13.2. The van der Waals surface area contributed by atoms with Crippen molar-refractivity contribution in [3.05, 3.63) is 193 Å². The first-order chi connectivity index (χ1) is 29.5. The monoisotopic (exact) mass is 772 g/mol. The van der Waals surface area contributed by atoms with E-state index in [0.717, 1.165) is 44.8 Å². The second-order valence-corrected chi connectivity index (χ2v) is 16.0. The highest BCUT2D eigenvalue weighted by atomic mass is 16.6. The molecule has 10 aromatic rings. The van der Waals surface area contributed by atoms with Crippen LogP contribution in [0.3, 0.4) is 0 Å².